The fraction of sp³-hybridized carbons (Fsp3) is 0.583. The minimum atomic E-state index is 0.353. The van der Waals surface area contributed by atoms with Crippen LogP contribution in [0.2, 0.25) is 0 Å². The van der Waals surface area contributed by atoms with Crippen LogP contribution in [0.5, 0.6) is 0 Å². The molecule has 1 aromatic rings. The minimum Gasteiger partial charge on any atom is -0.387 e. The normalized spacial score (nSPS) is 25.1. The summed E-state index contributed by atoms with van der Waals surface area (Å²) in [4.78, 5) is 4.18. The topological polar surface area (TPSA) is 46.2 Å². The Morgan fingerprint density at radius 3 is 2.94 bits per heavy atom. The SMILES string of the molecule is CNc1cncc(NC2CCOC(C)C2)c1. The van der Waals surface area contributed by atoms with Crippen molar-refractivity contribution in [1.29, 1.82) is 0 Å². The summed E-state index contributed by atoms with van der Waals surface area (Å²) >= 11 is 0. The van der Waals surface area contributed by atoms with Crippen LogP contribution in [0.1, 0.15) is 19.8 Å². The highest BCUT2D eigenvalue weighted by Gasteiger charge is 2.18. The molecule has 16 heavy (non-hydrogen) atoms. The zero-order valence-corrected chi connectivity index (χ0v) is 9.86. The van der Waals surface area contributed by atoms with E-state index in [1.54, 1.807) is 0 Å². The van der Waals surface area contributed by atoms with Crippen molar-refractivity contribution in [2.24, 2.45) is 0 Å². The number of anilines is 2. The van der Waals surface area contributed by atoms with E-state index in [1.807, 2.05) is 19.4 Å². The second-order valence-corrected chi connectivity index (χ2v) is 4.26. The average molecular weight is 221 g/mol. The van der Waals surface area contributed by atoms with Gasteiger partial charge in [0, 0.05) is 19.7 Å². The Morgan fingerprint density at radius 2 is 2.19 bits per heavy atom. The van der Waals surface area contributed by atoms with Gasteiger partial charge in [-0.3, -0.25) is 4.98 Å². The van der Waals surface area contributed by atoms with E-state index in [9.17, 15) is 0 Å². The van der Waals surface area contributed by atoms with Crippen molar-refractivity contribution < 1.29 is 4.74 Å². The molecule has 0 aliphatic carbocycles. The van der Waals surface area contributed by atoms with Gasteiger partial charge in [-0.05, 0) is 25.8 Å². The van der Waals surface area contributed by atoms with Crippen LogP contribution in [0.25, 0.3) is 0 Å². The van der Waals surface area contributed by atoms with Crippen molar-refractivity contribution in [3.63, 3.8) is 0 Å². The van der Waals surface area contributed by atoms with Crippen LogP contribution in [-0.2, 0) is 4.74 Å². The molecule has 1 aliphatic rings. The molecule has 88 valence electrons. The highest BCUT2D eigenvalue weighted by atomic mass is 16.5. The summed E-state index contributed by atoms with van der Waals surface area (Å²) in [6, 6.07) is 2.57. The first kappa shape index (κ1) is 11.2. The molecular formula is C12H19N3O. The average Bonchev–Trinajstić information content (AvgIpc) is 2.29. The fourth-order valence-electron chi connectivity index (χ4n) is 2.02. The molecule has 4 nitrogen and oxygen atoms in total. The van der Waals surface area contributed by atoms with Gasteiger partial charge in [0.1, 0.15) is 0 Å². The third kappa shape index (κ3) is 2.85. The van der Waals surface area contributed by atoms with Gasteiger partial charge in [-0.15, -0.1) is 0 Å². The van der Waals surface area contributed by atoms with Crippen LogP contribution in [0.15, 0.2) is 18.5 Å². The van der Waals surface area contributed by atoms with Gasteiger partial charge in [-0.2, -0.15) is 0 Å². The lowest BCUT2D eigenvalue weighted by Crippen LogP contribution is -2.32. The lowest BCUT2D eigenvalue weighted by Gasteiger charge is -2.28. The molecule has 0 saturated carbocycles. The van der Waals surface area contributed by atoms with Gasteiger partial charge in [0.25, 0.3) is 0 Å². The Morgan fingerprint density at radius 1 is 1.38 bits per heavy atom. The Balaban J connectivity index is 1.97. The summed E-state index contributed by atoms with van der Waals surface area (Å²) in [6.07, 6.45) is 6.16. The number of ether oxygens (including phenoxy) is 1. The molecule has 0 amide bonds. The van der Waals surface area contributed by atoms with Gasteiger partial charge in [0.15, 0.2) is 0 Å². The molecule has 2 rings (SSSR count). The molecule has 1 fully saturated rings. The molecule has 2 atom stereocenters. The zero-order valence-electron chi connectivity index (χ0n) is 9.86. The Kier molecular flexibility index (Phi) is 3.62. The van der Waals surface area contributed by atoms with Crippen LogP contribution >= 0.6 is 0 Å². The molecule has 0 bridgehead atoms. The number of aromatic nitrogens is 1. The van der Waals surface area contributed by atoms with E-state index in [0.717, 1.165) is 30.8 Å². The van der Waals surface area contributed by atoms with E-state index < -0.39 is 0 Å². The minimum absolute atomic E-state index is 0.353. The monoisotopic (exact) mass is 221 g/mol. The van der Waals surface area contributed by atoms with Crippen molar-refractivity contribution in [3.8, 4) is 0 Å². The number of pyridine rings is 1. The van der Waals surface area contributed by atoms with Gasteiger partial charge < -0.3 is 15.4 Å². The van der Waals surface area contributed by atoms with Crippen molar-refractivity contribution in [1.82, 2.24) is 4.98 Å². The van der Waals surface area contributed by atoms with Crippen molar-refractivity contribution in [2.45, 2.75) is 31.9 Å². The van der Waals surface area contributed by atoms with Crippen LogP contribution in [0.4, 0.5) is 11.4 Å². The van der Waals surface area contributed by atoms with Gasteiger partial charge in [0.2, 0.25) is 0 Å². The van der Waals surface area contributed by atoms with Gasteiger partial charge in [-0.25, -0.2) is 0 Å². The zero-order chi connectivity index (χ0) is 11.4. The largest absolute Gasteiger partial charge is 0.387 e. The van der Waals surface area contributed by atoms with E-state index in [2.05, 4.69) is 28.6 Å². The molecule has 0 spiro atoms. The summed E-state index contributed by atoms with van der Waals surface area (Å²) in [5.74, 6) is 0. The molecule has 0 aromatic carbocycles. The smallest absolute Gasteiger partial charge is 0.0566 e. The Bertz CT molecular complexity index is 343. The third-order valence-corrected chi connectivity index (χ3v) is 2.88. The second-order valence-electron chi connectivity index (χ2n) is 4.26. The van der Waals surface area contributed by atoms with Crippen LogP contribution in [0.3, 0.4) is 0 Å². The summed E-state index contributed by atoms with van der Waals surface area (Å²) in [5.41, 5.74) is 2.11. The number of rotatable bonds is 3. The molecule has 4 heteroatoms. The second kappa shape index (κ2) is 5.16. The van der Waals surface area contributed by atoms with Crippen LogP contribution in [0, 0.1) is 0 Å². The lowest BCUT2D eigenvalue weighted by molar-refractivity contribution is 0.0232. The highest BCUT2D eigenvalue weighted by Crippen LogP contribution is 2.19. The Hall–Kier alpha value is -1.29. The van der Waals surface area contributed by atoms with Crippen LogP contribution in [-0.4, -0.2) is 30.8 Å². The summed E-state index contributed by atoms with van der Waals surface area (Å²) in [6.45, 7) is 2.97. The van der Waals surface area contributed by atoms with Crippen molar-refractivity contribution in [2.75, 3.05) is 24.3 Å². The van der Waals surface area contributed by atoms with Gasteiger partial charge >= 0.3 is 0 Å². The lowest BCUT2D eigenvalue weighted by atomic mass is 10.0. The number of hydrogen-bond donors (Lipinski definition) is 2. The van der Waals surface area contributed by atoms with Crippen molar-refractivity contribution >= 4 is 11.4 Å². The molecule has 1 aliphatic heterocycles. The summed E-state index contributed by atoms with van der Waals surface area (Å²) < 4.78 is 5.52. The summed E-state index contributed by atoms with van der Waals surface area (Å²) in [5, 5.41) is 6.59. The highest BCUT2D eigenvalue weighted by molar-refractivity contribution is 5.54. The van der Waals surface area contributed by atoms with E-state index in [-0.39, 0.29) is 0 Å². The van der Waals surface area contributed by atoms with E-state index in [0.29, 0.717) is 12.1 Å². The molecular weight excluding hydrogens is 202 g/mol. The molecule has 1 aromatic heterocycles. The first-order chi connectivity index (χ1) is 7.78. The maximum Gasteiger partial charge on any atom is 0.0566 e. The molecule has 1 saturated heterocycles. The number of nitrogens with zero attached hydrogens (tertiary/aromatic N) is 1. The molecule has 0 radical (unpaired) electrons. The molecule has 2 N–H and O–H groups in total. The number of hydrogen-bond acceptors (Lipinski definition) is 4. The molecule has 2 heterocycles. The third-order valence-electron chi connectivity index (χ3n) is 2.88. The first-order valence-electron chi connectivity index (χ1n) is 5.79. The molecule has 2 unspecified atom stereocenters. The van der Waals surface area contributed by atoms with E-state index in [4.69, 9.17) is 4.74 Å². The predicted octanol–water partition coefficient (Wildman–Crippen LogP) is 2.10. The quantitative estimate of drug-likeness (QED) is 0.820. The first-order valence-corrected chi connectivity index (χ1v) is 5.79. The standard InChI is InChI=1S/C12H19N3O/c1-9-5-10(3-4-16-9)15-12-6-11(13-2)7-14-8-12/h6-10,13,15H,3-5H2,1-2H3. The van der Waals surface area contributed by atoms with E-state index in [1.165, 1.54) is 0 Å². The van der Waals surface area contributed by atoms with E-state index >= 15 is 0 Å². The maximum atomic E-state index is 5.52. The van der Waals surface area contributed by atoms with Gasteiger partial charge in [-0.1, -0.05) is 0 Å². The maximum absolute atomic E-state index is 5.52. The number of nitrogens with one attached hydrogen (secondary N) is 2. The fourth-order valence-corrected chi connectivity index (χ4v) is 2.02. The predicted molar refractivity (Wildman–Crippen MR) is 65.8 cm³/mol. The van der Waals surface area contributed by atoms with Gasteiger partial charge in [0.05, 0.1) is 29.9 Å². The summed E-state index contributed by atoms with van der Waals surface area (Å²) in [7, 11) is 1.90. The van der Waals surface area contributed by atoms with Crippen LogP contribution < -0.4 is 10.6 Å². The van der Waals surface area contributed by atoms with Crippen molar-refractivity contribution in [3.05, 3.63) is 18.5 Å². The Labute approximate surface area is 96.4 Å².